The number of carbonyl (C=O) groups is 1. The summed E-state index contributed by atoms with van der Waals surface area (Å²) >= 11 is 0. The largest absolute Gasteiger partial charge is 0.345 e. The van der Waals surface area contributed by atoms with Crippen LogP contribution in [0.5, 0.6) is 0 Å². The van der Waals surface area contributed by atoms with E-state index >= 15 is 0 Å². The number of Topliss-reactive ketones (excluding diaryl/α,β-unsaturated/α-hetero) is 1. The Labute approximate surface area is 121 Å². The number of hydrogen-bond acceptors (Lipinski definition) is 1. The first-order valence-electron chi connectivity index (χ1n) is 7.39. The van der Waals surface area contributed by atoms with Gasteiger partial charge in [0.05, 0.1) is 5.69 Å². The van der Waals surface area contributed by atoms with Gasteiger partial charge in [0, 0.05) is 19.2 Å². The van der Waals surface area contributed by atoms with Crippen molar-refractivity contribution in [2.75, 3.05) is 0 Å². The lowest BCUT2D eigenvalue weighted by atomic mass is 10.1. The van der Waals surface area contributed by atoms with Gasteiger partial charge in [0.15, 0.2) is 5.78 Å². The number of rotatable bonds is 7. The van der Waals surface area contributed by atoms with E-state index in [1.165, 1.54) is 5.56 Å². The number of aryl methyl sites for hydroxylation is 2. The number of aromatic nitrogens is 1. The van der Waals surface area contributed by atoms with Crippen molar-refractivity contribution in [3.63, 3.8) is 0 Å². The molecule has 0 N–H and O–H groups in total. The summed E-state index contributed by atoms with van der Waals surface area (Å²) in [5, 5.41) is 0. The minimum atomic E-state index is 0.239. The molecule has 0 unspecified atom stereocenters. The molecular weight excluding hydrogens is 246 g/mol. The molecule has 0 aliphatic heterocycles. The molecule has 0 spiro atoms. The monoisotopic (exact) mass is 269 g/mol. The van der Waals surface area contributed by atoms with Crippen molar-refractivity contribution in [3.05, 3.63) is 59.9 Å². The van der Waals surface area contributed by atoms with E-state index in [2.05, 4.69) is 30.5 Å². The second kappa shape index (κ2) is 7.09. The number of benzene rings is 1. The summed E-state index contributed by atoms with van der Waals surface area (Å²) in [6, 6.07) is 14.1. The Morgan fingerprint density at radius 3 is 2.55 bits per heavy atom. The average molecular weight is 269 g/mol. The molecule has 0 aliphatic rings. The van der Waals surface area contributed by atoms with E-state index in [4.69, 9.17) is 0 Å². The summed E-state index contributed by atoms with van der Waals surface area (Å²) < 4.78 is 2.09. The summed E-state index contributed by atoms with van der Waals surface area (Å²) in [5.41, 5.74) is 2.07. The molecule has 0 radical (unpaired) electrons. The maximum atomic E-state index is 12.3. The van der Waals surface area contributed by atoms with E-state index in [1.54, 1.807) is 0 Å². The van der Waals surface area contributed by atoms with Gasteiger partial charge in [-0.25, -0.2) is 0 Å². The highest BCUT2D eigenvalue weighted by Crippen LogP contribution is 2.12. The Kier molecular flexibility index (Phi) is 5.16. The van der Waals surface area contributed by atoms with Crippen LogP contribution in [-0.4, -0.2) is 10.4 Å². The first-order chi connectivity index (χ1) is 9.66. The third-order valence-corrected chi connectivity index (χ3v) is 3.55. The van der Waals surface area contributed by atoms with Crippen LogP contribution in [0, 0.1) is 5.92 Å². The maximum absolute atomic E-state index is 12.3. The van der Waals surface area contributed by atoms with Gasteiger partial charge in [-0.15, -0.1) is 0 Å². The highest BCUT2D eigenvalue weighted by atomic mass is 16.1. The Balaban J connectivity index is 1.94. The van der Waals surface area contributed by atoms with Crippen LogP contribution in [-0.2, 0) is 13.0 Å². The van der Waals surface area contributed by atoms with Crippen molar-refractivity contribution in [1.82, 2.24) is 4.57 Å². The van der Waals surface area contributed by atoms with E-state index in [9.17, 15) is 4.79 Å². The summed E-state index contributed by atoms with van der Waals surface area (Å²) in [6.45, 7) is 5.35. The maximum Gasteiger partial charge on any atom is 0.179 e. The number of carbonyl (C=O) groups excluding carboxylic acids is 1. The standard InChI is InChI=1S/C18H23NO/c1-15(2)12-14-19-13-6-9-17(19)18(20)11-10-16-7-4-3-5-8-16/h3-9,13,15H,10-12,14H2,1-2H3. The molecule has 0 bridgehead atoms. The number of ketones is 1. The molecule has 0 aliphatic carbocycles. The normalized spacial score (nSPS) is 10.9. The quantitative estimate of drug-likeness (QED) is 0.685. The molecule has 1 aromatic carbocycles. The third-order valence-electron chi connectivity index (χ3n) is 3.55. The molecule has 20 heavy (non-hydrogen) atoms. The summed E-state index contributed by atoms with van der Waals surface area (Å²) in [6.07, 6.45) is 4.51. The van der Waals surface area contributed by atoms with E-state index in [0.29, 0.717) is 12.3 Å². The first-order valence-corrected chi connectivity index (χ1v) is 7.39. The highest BCUT2D eigenvalue weighted by Gasteiger charge is 2.11. The van der Waals surface area contributed by atoms with Crippen LogP contribution in [0.4, 0.5) is 0 Å². The Morgan fingerprint density at radius 1 is 1.10 bits per heavy atom. The predicted octanol–water partition coefficient (Wildman–Crippen LogP) is 4.35. The van der Waals surface area contributed by atoms with Crippen molar-refractivity contribution >= 4 is 5.78 Å². The van der Waals surface area contributed by atoms with Gasteiger partial charge < -0.3 is 4.57 Å². The van der Waals surface area contributed by atoms with Gasteiger partial charge in [0.1, 0.15) is 0 Å². The zero-order valence-corrected chi connectivity index (χ0v) is 12.4. The van der Waals surface area contributed by atoms with E-state index in [-0.39, 0.29) is 5.78 Å². The van der Waals surface area contributed by atoms with Crippen LogP contribution in [0.2, 0.25) is 0 Å². The SMILES string of the molecule is CC(C)CCn1cccc1C(=O)CCc1ccccc1. The molecule has 2 aromatic rings. The smallest absolute Gasteiger partial charge is 0.179 e. The fourth-order valence-corrected chi connectivity index (χ4v) is 2.29. The molecule has 2 rings (SSSR count). The Hall–Kier alpha value is -1.83. The van der Waals surface area contributed by atoms with Crippen molar-refractivity contribution in [2.24, 2.45) is 5.92 Å². The van der Waals surface area contributed by atoms with Gasteiger partial charge in [-0.05, 0) is 36.5 Å². The van der Waals surface area contributed by atoms with Crippen LogP contribution in [0.1, 0.15) is 42.7 Å². The van der Waals surface area contributed by atoms with Crippen molar-refractivity contribution in [3.8, 4) is 0 Å². The average Bonchev–Trinajstić information content (AvgIpc) is 2.92. The number of nitrogens with zero attached hydrogens (tertiary/aromatic N) is 1. The first kappa shape index (κ1) is 14.6. The second-order valence-corrected chi connectivity index (χ2v) is 5.68. The molecule has 106 valence electrons. The molecule has 1 heterocycles. The van der Waals surface area contributed by atoms with Gasteiger partial charge in [0.2, 0.25) is 0 Å². The lowest BCUT2D eigenvalue weighted by Gasteiger charge is -2.10. The summed E-state index contributed by atoms with van der Waals surface area (Å²) in [5.74, 6) is 0.896. The minimum absolute atomic E-state index is 0.239. The zero-order chi connectivity index (χ0) is 14.4. The second-order valence-electron chi connectivity index (χ2n) is 5.68. The summed E-state index contributed by atoms with van der Waals surface area (Å²) in [7, 11) is 0. The molecule has 0 amide bonds. The molecule has 0 fully saturated rings. The lowest BCUT2D eigenvalue weighted by molar-refractivity contribution is 0.0973. The molecule has 0 atom stereocenters. The van der Waals surface area contributed by atoms with Crippen LogP contribution >= 0.6 is 0 Å². The van der Waals surface area contributed by atoms with Gasteiger partial charge in [0.25, 0.3) is 0 Å². The van der Waals surface area contributed by atoms with Gasteiger partial charge in [-0.2, -0.15) is 0 Å². The predicted molar refractivity (Wildman–Crippen MR) is 83.0 cm³/mol. The molecule has 0 saturated heterocycles. The van der Waals surface area contributed by atoms with Crippen LogP contribution in [0.15, 0.2) is 48.7 Å². The van der Waals surface area contributed by atoms with Gasteiger partial charge >= 0.3 is 0 Å². The summed E-state index contributed by atoms with van der Waals surface area (Å²) in [4.78, 5) is 12.3. The minimum Gasteiger partial charge on any atom is -0.345 e. The lowest BCUT2D eigenvalue weighted by Crippen LogP contribution is -2.10. The van der Waals surface area contributed by atoms with Crippen molar-refractivity contribution in [1.29, 1.82) is 0 Å². The fourth-order valence-electron chi connectivity index (χ4n) is 2.29. The van der Waals surface area contributed by atoms with E-state index in [0.717, 1.165) is 25.1 Å². The zero-order valence-electron chi connectivity index (χ0n) is 12.4. The molecule has 2 heteroatoms. The molecule has 0 saturated carbocycles. The van der Waals surface area contributed by atoms with Crippen molar-refractivity contribution in [2.45, 2.75) is 39.7 Å². The fraction of sp³-hybridized carbons (Fsp3) is 0.389. The van der Waals surface area contributed by atoms with Gasteiger partial charge in [-0.1, -0.05) is 44.2 Å². The van der Waals surface area contributed by atoms with Crippen LogP contribution in [0.3, 0.4) is 0 Å². The Morgan fingerprint density at radius 2 is 1.85 bits per heavy atom. The van der Waals surface area contributed by atoms with Crippen molar-refractivity contribution < 1.29 is 4.79 Å². The highest BCUT2D eigenvalue weighted by molar-refractivity contribution is 5.94. The van der Waals surface area contributed by atoms with E-state index in [1.807, 2.05) is 36.5 Å². The topological polar surface area (TPSA) is 22.0 Å². The molecular formula is C18H23NO. The molecule has 2 nitrogen and oxygen atoms in total. The van der Waals surface area contributed by atoms with Crippen LogP contribution < -0.4 is 0 Å². The Bertz CT molecular complexity index is 540. The van der Waals surface area contributed by atoms with Crippen LogP contribution in [0.25, 0.3) is 0 Å². The number of hydrogen-bond donors (Lipinski definition) is 0. The molecule has 1 aromatic heterocycles. The third kappa shape index (κ3) is 4.09. The van der Waals surface area contributed by atoms with Gasteiger partial charge in [-0.3, -0.25) is 4.79 Å². The van der Waals surface area contributed by atoms with E-state index < -0.39 is 0 Å².